The van der Waals surface area contributed by atoms with Crippen molar-refractivity contribution in [2.45, 2.75) is 6.92 Å². The van der Waals surface area contributed by atoms with Crippen LogP contribution in [0.5, 0.6) is 0 Å². The summed E-state index contributed by atoms with van der Waals surface area (Å²) in [5, 5.41) is 0. The summed E-state index contributed by atoms with van der Waals surface area (Å²) in [6, 6.07) is 0. The molecule has 1 saturated heterocycles. The van der Waals surface area contributed by atoms with Crippen LogP contribution in [0.4, 0.5) is 0 Å². The fraction of sp³-hybridized carbons (Fsp3) is 0.636. The minimum atomic E-state index is 0.879. The van der Waals surface area contributed by atoms with Crippen LogP contribution in [0.15, 0.2) is 22.0 Å². The van der Waals surface area contributed by atoms with Crippen molar-refractivity contribution < 1.29 is 4.74 Å². The van der Waals surface area contributed by atoms with Gasteiger partial charge in [0, 0.05) is 34.8 Å². The van der Waals surface area contributed by atoms with E-state index in [-0.39, 0.29) is 0 Å². The molecule has 1 fully saturated rings. The van der Waals surface area contributed by atoms with Gasteiger partial charge in [-0.15, -0.1) is 11.8 Å². The van der Waals surface area contributed by atoms with Crippen molar-refractivity contribution in [3.8, 4) is 0 Å². The quantitative estimate of drug-likeness (QED) is 0.723. The highest BCUT2D eigenvalue weighted by Gasteiger charge is 2.09. The zero-order valence-electron chi connectivity index (χ0n) is 9.17. The van der Waals surface area contributed by atoms with E-state index in [9.17, 15) is 0 Å². The number of ether oxygens (including phenoxy) is 1. The Morgan fingerprint density at radius 3 is 2.80 bits per heavy atom. The normalized spacial score (nSPS) is 19.2. The Kier molecular flexibility index (Phi) is 6.64. The van der Waals surface area contributed by atoms with Crippen LogP contribution in [0, 0.1) is 0 Å². The number of nitrogens with zero attached hydrogens (tertiary/aromatic N) is 1. The lowest BCUT2D eigenvalue weighted by Crippen LogP contribution is -2.37. The van der Waals surface area contributed by atoms with E-state index in [0.717, 1.165) is 48.0 Å². The van der Waals surface area contributed by atoms with Gasteiger partial charge in [0.05, 0.1) is 13.2 Å². The summed E-state index contributed by atoms with van der Waals surface area (Å²) in [7, 11) is 0. The molecule has 0 radical (unpaired) electrons. The maximum atomic E-state index is 5.30. The summed E-state index contributed by atoms with van der Waals surface area (Å²) < 4.78 is 6.41. The Balaban J connectivity index is 2.12. The van der Waals surface area contributed by atoms with E-state index < -0.39 is 0 Å². The number of allylic oxidation sites excluding steroid dienone is 2. The first-order valence-electron chi connectivity index (χ1n) is 5.18. The fourth-order valence-electron chi connectivity index (χ4n) is 1.35. The number of halogens is 1. The summed E-state index contributed by atoms with van der Waals surface area (Å²) in [6.07, 6.45) is 2.03. The van der Waals surface area contributed by atoms with Gasteiger partial charge in [-0.05, 0) is 22.9 Å². The summed E-state index contributed by atoms with van der Waals surface area (Å²) in [5.41, 5.74) is 0. The zero-order valence-corrected chi connectivity index (χ0v) is 11.6. The third-order valence-electron chi connectivity index (χ3n) is 2.31. The lowest BCUT2D eigenvalue weighted by molar-refractivity contribution is 0.0410. The second-order valence-corrected chi connectivity index (χ2v) is 5.41. The van der Waals surface area contributed by atoms with E-state index >= 15 is 0 Å². The number of hydrogen-bond acceptors (Lipinski definition) is 3. The molecule has 0 aliphatic carbocycles. The van der Waals surface area contributed by atoms with E-state index in [1.54, 1.807) is 0 Å². The Bertz CT molecular complexity index is 237. The molecule has 15 heavy (non-hydrogen) atoms. The molecule has 0 bridgehead atoms. The first kappa shape index (κ1) is 13.3. The molecule has 0 aromatic carbocycles. The van der Waals surface area contributed by atoms with E-state index in [0.29, 0.717) is 0 Å². The highest BCUT2D eigenvalue weighted by molar-refractivity contribution is 9.12. The Labute approximate surface area is 105 Å². The van der Waals surface area contributed by atoms with Crippen molar-refractivity contribution >= 4 is 27.7 Å². The maximum Gasteiger partial charge on any atom is 0.0594 e. The molecule has 0 aromatic rings. The van der Waals surface area contributed by atoms with Crippen molar-refractivity contribution in [1.29, 1.82) is 0 Å². The van der Waals surface area contributed by atoms with Gasteiger partial charge in [-0.3, -0.25) is 4.90 Å². The van der Waals surface area contributed by atoms with Crippen LogP contribution in [0.2, 0.25) is 0 Å². The van der Waals surface area contributed by atoms with Gasteiger partial charge in [0.1, 0.15) is 0 Å². The molecule has 0 saturated carbocycles. The van der Waals surface area contributed by atoms with Gasteiger partial charge in [0.15, 0.2) is 0 Å². The average Bonchev–Trinajstić information content (AvgIpc) is 2.29. The Hall–Kier alpha value is 0.230. The molecule has 0 aromatic heterocycles. The van der Waals surface area contributed by atoms with Crippen LogP contribution in [-0.4, -0.2) is 43.5 Å². The van der Waals surface area contributed by atoms with Gasteiger partial charge in [-0.2, -0.15) is 0 Å². The average molecular weight is 292 g/mol. The molecule has 0 amide bonds. The van der Waals surface area contributed by atoms with E-state index in [2.05, 4.69) is 27.4 Å². The third-order valence-corrected chi connectivity index (χ3v) is 4.46. The minimum Gasteiger partial charge on any atom is -0.379 e. The molecule has 0 spiro atoms. The molecule has 0 N–H and O–H groups in total. The molecule has 1 aliphatic rings. The van der Waals surface area contributed by atoms with Crippen LogP contribution < -0.4 is 0 Å². The van der Waals surface area contributed by atoms with Crippen LogP contribution in [0.25, 0.3) is 0 Å². The molecule has 4 heteroatoms. The first-order valence-corrected chi connectivity index (χ1v) is 6.96. The molecular formula is C11H18BrNOS. The molecule has 0 unspecified atom stereocenters. The molecule has 0 atom stereocenters. The summed E-state index contributed by atoms with van der Waals surface area (Å²) in [4.78, 5) is 3.55. The third kappa shape index (κ3) is 5.20. The number of rotatable bonds is 5. The molecular weight excluding hydrogens is 274 g/mol. The van der Waals surface area contributed by atoms with Gasteiger partial charge in [0.25, 0.3) is 0 Å². The minimum absolute atomic E-state index is 0.879. The highest BCUT2D eigenvalue weighted by atomic mass is 79.9. The predicted octanol–water partition coefficient (Wildman–Crippen LogP) is 2.86. The van der Waals surface area contributed by atoms with Crippen molar-refractivity contribution in [1.82, 2.24) is 4.90 Å². The molecule has 1 heterocycles. The Morgan fingerprint density at radius 1 is 1.53 bits per heavy atom. The molecule has 2 nitrogen and oxygen atoms in total. The second-order valence-electron chi connectivity index (χ2n) is 3.36. The van der Waals surface area contributed by atoms with Crippen molar-refractivity contribution in [3.63, 3.8) is 0 Å². The fourth-order valence-corrected chi connectivity index (χ4v) is 2.55. The largest absolute Gasteiger partial charge is 0.379 e. The lowest BCUT2D eigenvalue weighted by Gasteiger charge is -2.26. The van der Waals surface area contributed by atoms with Gasteiger partial charge in [-0.25, -0.2) is 0 Å². The van der Waals surface area contributed by atoms with Crippen molar-refractivity contribution in [2.24, 2.45) is 0 Å². The topological polar surface area (TPSA) is 12.5 Å². The summed E-state index contributed by atoms with van der Waals surface area (Å²) >= 11 is 5.29. The summed E-state index contributed by atoms with van der Waals surface area (Å²) in [6.45, 7) is 11.0. The number of morpholine rings is 1. The smallest absolute Gasteiger partial charge is 0.0594 e. The standard InChI is InChI=1S/C11H18BrNOS/c1-3-11(12)10(2)15-9-6-13-4-7-14-8-5-13/h3H,2,4-9H2,1H3/b11-3+. The molecule has 86 valence electrons. The Morgan fingerprint density at radius 2 is 2.20 bits per heavy atom. The second kappa shape index (κ2) is 7.49. The number of hydrogen-bond donors (Lipinski definition) is 0. The van der Waals surface area contributed by atoms with E-state index in [1.807, 2.05) is 24.8 Å². The van der Waals surface area contributed by atoms with Gasteiger partial charge in [-0.1, -0.05) is 12.7 Å². The maximum absolute atomic E-state index is 5.30. The van der Waals surface area contributed by atoms with Crippen LogP contribution >= 0.6 is 27.7 Å². The molecule has 1 rings (SSSR count). The van der Waals surface area contributed by atoms with Gasteiger partial charge >= 0.3 is 0 Å². The molecule has 1 aliphatic heterocycles. The van der Waals surface area contributed by atoms with Crippen molar-refractivity contribution in [3.05, 3.63) is 22.0 Å². The van der Waals surface area contributed by atoms with E-state index in [1.165, 1.54) is 0 Å². The monoisotopic (exact) mass is 291 g/mol. The van der Waals surface area contributed by atoms with Crippen LogP contribution in [-0.2, 0) is 4.74 Å². The predicted molar refractivity (Wildman–Crippen MR) is 71.5 cm³/mol. The van der Waals surface area contributed by atoms with Crippen LogP contribution in [0.1, 0.15) is 6.92 Å². The number of thioether (sulfide) groups is 1. The van der Waals surface area contributed by atoms with Gasteiger partial charge < -0.3 is 4.74 Å². The summed E-state index contributed by atoms with van der Waals surface area (Å²) in [5.74, 6) is 1.10. The highest BCUT2D eigenvalue weighted by Crippen LogP contribution is 2.26. The SMILES string of the molecule is C=C(SCCN1CCOCC1)/C(Br)=C\C. The van der Waals surface area contributed by atoms with Gasteiger partial charge in [0.2, 0.25) is 0 Å². The van der Waals surface area contributed by atoms with E-state index in [4.69, 9.17) is 4.74 Å². The van der Waals surface area contributed by atoms with Crippen molar-refractivity contribution in [2.75, 3.05) is 38.6 Å². The zero-order chi connectivity index (χ0) is 11.1. The van der Waals surface area contributed by atoms with Crippen LogP contribution in [0.3, 0.4) is 0 Å². The first-order chi connectivity index (χ1) is 7.24. The lowest BCUT2D eigenvalue weighted by atomic mass is 10.4.